The molecule has 3 aromatic rings. The fourth-order valence-electron chi connectivity index (χ4n) is 4.81. The molecule has 1 N–H and O–H groups in total. The van der Waals surface area contributed by atoms with E-state index in [1.807, 2.05) is 13.0 Å². The Hall–Kier alpha value is -2.45. The van der Waals surface area contributed by atoms with Gasteiger partial charge >= 0.3 is 0 Å². The highest BCUT2D eigenvalue weighted by molar-refractivity contribution is 7.99. The third kappa shape index (κ3) is 6.16. The fourth-order valence-corrected chi connectivity index (χ4v) is 5.46. The van der Waals surface area contributed by atoms with Crippen LogP contribution < -0.4 is 5.32 Å². The number of nitrogens with zero attached hydrogens (tertiary/aromatic N) is 5. The minimum absolute atomic E-state index is 0.0279. The second-order valence-electron chi connectivity index (χ2n) is 9.12. The van der Waals surface area contributed by atoms with Crippen molar-refractivity contribution in [3.8, 4) is 0 Å². The molecular weight excluding hydrogens is 444 g/mol. The molecule has 1 aliphatic rings. The van der Waals surface area contributed by atoms with Gasteiger partial charge in [0.2, 0.25) is 11.1 Å². The average Bonchev–Trinajstić information content (AvgIpc) is 3.27. The van der Waals surface area contributed by atoms with Gasteiger partial charge in [-0.3, -0.25) is 4.79 Å². The molecule has 182 valence electrons. The van der Waals surface area contributed by atoms with E-state index in [4.69, 9.17) is 0 Å². The summed E-state index contributed by atoms with van der Waals surface area (Å²) >= 11 is 1.36. The van der Waals surface area contributed by atoms with Crippen LogP contribution in [0, 0.1) is 13.8 Å². The highest BCUT2D eigenvalue weighted by Crippen LogP contribution is 2.21. The Morgan fingerprint density at radius 3 is 2.79 bits per heavy atom. The zero-order chi connectivity index (χ0) is 23.9. The van der Waals surface area contributed by atoms with Gasteiger partial charge < -0.3 is 10.2 Å². The van der Waals surface area contributed by atoms with Crippen molar-refractivity contribution in [1.82, 2.24) is 29.8 Å². The molecule has 8 heteroatoms. The highest BCUT2D eigenvalue weighted by Gasteiger charge is 2.20. The van der Waals surface area contributed by atoms with Crippen LogP contribution in [-0.2, 0) is 11.2 Å². The zero-order valence-corrected chi connectivity index (χ0v) is 21.4. The van der Waals surface area contributed by atoms with E-state index in [2.05, 4.69) is 63.4 Å². The number of carbonyl (C=O) groups excluding carboxylic acids is 1. The van der Waals surface area contributed by atoms with E-state index in [0.29, 0.717) is 23.2 Å². The number of piperidine rings is 1. The fraction of sp³-hybridized carbons (Fsp3) is 0.538. The third-order valence-corrected chi connectivity index (χ3v) is 7.59. The molecule has 1 amide bonds. The molecule has 0 aliphatic carbocycles. The molecule has 34 heavy (non-hydrogen) atoms. The lowest BCUT2D eigenvalue weighted by atomic mass is 10.00. The number of amides is 1. The highest BCUT2D eigenvalue weighted by atomic mass is 32.2. The first kappa shape index (κ1) is 24.7. The summed E-state index contributed by atoms with van der Waals surface area (Å²) in [6.07, 6.45) is 6.98. The second-order valence-corrected chi connectivity index (χ2v) is 10.1. The van der Waals surface area contributed by atoms with Crippen LogP contribution in [0.25, 0.3) is 5.78 Å². The van der Waals surface area contributed by atoms with Crippen molar-refractivity contribution in [2.45, 2.75) is 70.5 Å². The van der Waals surface area contributed by atoms with Crippen LogP contribution >= 0.6 is 11.8 Å². The minimum Gasteiger partial charge on any atom is -0.355 e. The van der Waals surface area contributed by atoms with Gasteiger partial charge in [-0.1, -0.05) is 55.4 Å². The van der Waals surface area contributed by atoms with Crippen LogP contribution in [0.2, 0.25) is 0 Å². The average molecular weight is 481 g/mol. The second kappa shape index (κ2) is 11.8. The smallest absolute Gasteiger partial charge is 0.253 e. The number of carbonyl (C=O) groups is 1. The van der Waals surface area contributed by atoms with E-state index in [1.165, 1.54) is 49.6 Å². The molecule has 0 saturated carbocycles. The molecule has 0 bridgehead atoms. The summed E-state index contributed by atoms with van der Waals surface area (Å²) in [5.74, 6) is 0.925. The first-order chi connectivity index (χ1) is 16.5. The zero-order valence-electron chi connectivity index (χ0n) is 20.6. The van der Waals surface area contributed by atoms with Gasteiger partial charge in [-0.25, -0.2) is 9.50 Å². The van der Waals surface area contributed by atoms with Crippen molar-refractivity contribution in [3.63, 3.8) is 0 Å². The lowest BCUT2D eigenvalue weighted by Crippen LogP contribution is -2.40. The van der Waals surface area contributed by atoms with Crippen molar-refractivity contribution in [2.75, 3.05) is 25.4 Å². The van der Waals surface area contributed by atoms with Gasteiger partial charge in [-0.15, -0.1) is 5.10 Å². The topological polar surface area (TPSA) is 75.4 Å². The summed E-state index contributed by atoms with van der Waals surface area (Å²) in [5.41, 5.74) is 4.41. The first-order valence-corrected chi connectivity index (χ1v) is 13.4. The first-order valence-electron chi connectivity index (χ1n) is 12.5. The number of aromatic nitrogens is 4. The van der Waals surface area contributed by atoms with Crippen LogP contribution in [0.4, 0.5) is 0 Å². The van der Waals surface area contributed by atoms with Gasteiger partial charge in [-0.2, -0.15) is 4.98 Å². The Labute approximate surface area is 206 Å². The molecule has 0 radical (unpaired) electrons. The molecule has 3 heterocycles. The lowest BCUT2D eigenvalue weighted by molar-refractivity contribution is -0.118. The number of likely N-dealkylation sites (tertiary alicyclic amines) is 1. The van der Waals surface area contributed by atoms with Crippen molar-refractivity contribution in [1.29, 1.82) is 0 Å². The van der Waals surface area contributed by atoms with Crippen LogP contribution in [0.5, 0.6) is 0 Å². The van der Waals surface area contributed by atoms with Crippen molar-refractivity contribution in [3.05, 3.63) is 52.8 Å². The maximum Gasteiger partial charge on any atom is 0.253 e. The van der Waals surface area contributed by atoms with Gasteiger partial charge in [0, 0.05) is 36.9 Å². The van der Waals surface area contributed by atoms with Gasteiger partial charge in [0.25, 0.3) is 5.78 Å². The Kier molecular flexibility index (Phi) is 8.56. The number of benzene rings is 1. The number of nitrogens with one attached hydrogen (secondary N) is 1. The number of hydrogen-bond acceptors (Lipinski definition) is 6. The van der Waals surface area contributed by atoms with E-state index in [1.54, 1.807) is 4.52 Å². The van der Waals surface area contributed by atoms with Crippen LogP contribution in [0.15, 0.2) is 35.5 Å². The summed E-state index contributed by atoms with van der Waals surface area (Å²) in [6.45, 7) is 9.33. The summed E-state index contributed by atoms with van der Waals surface area (Å²) in [4.78, 5) is 24.2. The molecule has 7 nitrogen and oxygen atoms in total. The summed E-state index contributed by atoms with van der Waals surface area (Å²) in [7, 11) is 0. The number of rotatable bonds is 10. The normalized spacial score (nSPS) is 16.7. The van der Waals surface area contributed by atoms with Crippen LogP contribution in [0.1, 0.15) is 61.5 Å². The van der Waals surface area contributed by atoms with Gasteiger partial charge in [-0.05, 0) is 57.2 Å². The maximum atomic E-state index is 12.4. The molecule has 1 atom stereocenters. The predicted molar refractivity (Wildman–Crippen MR) is 137 cm³/mol. The van der Waals surface area contributed by atoms with Crippen LogP contribution in [-0.4, -0.2) is 61.8 Å². The van der Waals surface area contributed by atoms with Gasteiger partial charge in [0.1, 0.15) is 0 Å². The number of hydrogen-bond donors (Lipinski definition) is 1. The summed E-state index contributed by atoms with van der Waals surface area (Å²) in [6, 6.07) is 11.1. The molecule has 1 saturated heterocycles. The van der Waals surface area contributed by atoms with Crippen molar-refractivity contribution in [2.24, 2.45) is 0 Å². The molecule has 1 aromatic carbocycles. The third-order valence-electron chi connectivity index (χ3n) is 6.75. The lowest BCUT2D eigenvalue weighted by Gasteiger charge is -2.35. The van der Waals surface area contributed by atoms with E-state index in [-0.39, 0.29) is 5.91 Å². The summed E-state index contributed by atoms with van der Waals surface area (Å²) in [5, 5.41) is 8.26. The van der Waals surface area contributed by atoms with Crippen LogP contribution in [0.3, 0.4) is 0 Å². The number of thioether (sulfide) groups is 1. The molecule has 4 rings (SSSR count). The van der Waals surface area contributed by atoms with E-state index < -0.39 is 0 Å². The Morgan fingerprint density at radius 1 is 1.18 bits per heavy atom. The van der Waals surface area contributed by atoms with Gasteiger partial charge in [0.05, 0.1) is 5.75 Å². The Morgan fingerprint density at radius 2 is 2.00 bits per heavy atom. The van der Waals surface area contributed by atoms with E-state index in [9.17, 15) is 4.79 Å². The molecule has 0 spiro atoms. The van der Waals surface area contributed by atoms with Crippen molar-refractivity contribution >= 4 is 23.4 Å². The standard InChI is InChI=1S/C26H36N6OS/c1-4-22-13-8-9-15-31(22)16-10-14-27-24(33)18-34-26-29-25-28-19(2)23(20(3)32(25)30-26)17-21-11-6-5-7-12-21/h5-7,11-12,22H,4,8-10,13-18H2,1-3H3,(H,27,33)/t22-/m0/s1. The monoisotopic (exact) mass is 480 g/mol. The molecular formula is C26H36N6OS. The predicted octanol–water partition coefficient (Wildman–Crippen LogP) is 4.19. The van der Waals surface area contributed by atoms with Crippen molar-refractivity contribution < 1.29 is 4.79 Å². The SMILES string of the molecule is CC[C@H]1CCCCN1CCCNC(=O)CSc1nc2nc(C)c(Cc3ccccc3)c(C)n2n1. The number of fused-ring (bicyclic) bond motifs is 1. The van der Waals surface area contributed by atoms with Gasteiger partial charge in [0.15, 0.2) is 0 Å². The number of aryl methyl sites for hydroxylation is 2. The van der Waals surface area contributed by atoms with E-state index in [0.717, 1.165) is 42.4 Å². The summed E-state index contributed by atoms with van der Waals surface area (Å²) < 4.78 is 1.80. The maximum absolute atomic E-state index is 12.4. The Balaban J connectivity index is 1.28. The largest absolute Gasteiger partial charge is 0.355 e. The van der Waals surface area contributed by atoms with E-state index >= 15 is 0 Å². The quantitative estimate of drug-likeness (QED) is 0.346. The molecule has 0 unspecified atom stereocenters. The minimum atomic E-state index is 0.0279. The molecule has 1 fully saturated rings. The Bertz CT molecular complexity index is 1100. The molecule has 1 aliphatic heterocycles. The molecule has 2 aromatic heterocycles.